The summed E-state index contributed by atoms with van der Waals surface area (Å²) in [6.07, 6.45) is 2.42. The highest BCUT2D eigenvalue weighted by molar-refractivity contribution is 5.75. The number of carbonyl (C=O) groups is 1. The van der Waals surface area contributed by atoms with Crippen LogP contribution < -0.4 is 10.1 Å². The number of hydrogen-bond donors (Lipinski definition) is 4. The molecule has 9 heteroatoms. The van der Waals surface area contributed by atoms with Gasteiger partial charge in [-0.1, -0.05) is 54.6 Å². The van der Waals surface area contributed by atoms with Crippen molar-refractivity contribution in [3.63, 3.8) is 0 Å². The monoisotopic (exact) mass is 561 g/mol. The number of halogens is 3. The standard InChI is InChI=1S/C31H38F3NO5/c1-21-9-6-7-10-22(21)19-35-30(39)14-5-3-2-4-13-26-27(29(38)18-28(26)37)16-15-24(36)20-40-25-12-8-11-23(17-25)31(32,33)34/h2,4,6-12,15-17,24,26-29,36-38H,3,5,13-14,18-20H2,1H3,(H,35,39)/b4-2-,16-15+/t24-,26-,27-,28+,29-/m1/s1. The van der Waals surface area contributed by atoms with Crippen LogP contribution in [0.1, 0.15) is 48.8 Å². The number of aliphatic hydroxyl groups is 3. The van der Waals surface area contributed by atoms with E-state index in [0.29, 0.717) is 32.2 Å². The number of nitrogens with one attached hydrogen (secondary N) is 1. The molecule has 1 aliphatic carbocycles. The summed E-state index contributed by atoms with van der Waals surface area (Å²) in [5, 5.41) is 34.0. The van der Waals surface area contributed by atoms with Gasteiger partial charge in [-0.05, 0) is 61.4 Å². The molecule has 1 fully saturated rings. The number of carbonyl (C=O) groups excluding carboxylic acids is 1. The van der Waals surface area contributed by atoms with Gasteiger partial charge in [0.25, 0.3) is 0 Å². The van der Waals surface area contributed by atoms with Crippen molar-refractivity contribution < 1.29 is 38.0 Å². The number of hydrogen-bond acceptors (Lipinski definition) is 5. The van der Waals surface area contributed by atoms with Crippen LogP contribution in [0.5, 0.6) is 5.75 Å². The summed E-state index contributed by atoms with van der Waals surface area (Å²) < 4.78 is 43.9. The van der Waals surface area contributed by atoms with Crippen molar-refractivity contribution in [2.75, 3.05) is 6.61 Å². The Hall–Kier alpha value is -3.14. The second-order valence-electron chi connectivity index (χ2n) is 10.2. The molecule has 3 rings (SSSR count). The number of aliphatic hydroxyl groups excluding tert-OH is 3. The highest BCUT2D eigenvalue weighted by atomic mass is 19.4. The summed E-state index contributed by atoms with van der Waals surface area (Å²) in [5.74, 6) is -0.663. The number of ether oxygens (including phenoxy) is 1. The first-order valence-corrected chi connectivity index (χ1v) is 13.5. The van der Waals surface area contributed by atoms with Crippen LogP contribution in [0.2, 0.25) is 0 Å². The zero-order valence-electron chi connectivity index (χ0n) is 22.6. The average molecular weight is 562 g/mol. The molecular weight excluding hydrogens is 523 g/mol. The van der Waals surface area contributed by atoms with E-state index in [1.165, 1.54) is 18.2 Å². The van der Waals surface area contributed by atoms with E-state index in [1.54, 1.807) is 6.08 Å². The van der Waals surface area contributed by atoms with Crippen molar-refractivity contribution in [2.45, 2.75) is 70.1 Å². The van der Waals surface area contributed by atoms with Crippen molar-refractivity contribution in [3.05, 3.63) is 89.5 Å². The molecule has 0 heterocycles. The van der Waals surface area contributed by atoms with Crippen LogP contribution in [0.3, 0.4) is 0 Å². The molecule has 1 aliphatic rings. The Morgan fingerprint density at radius 1 is 1.12 bits per heavy atom. The third-order valence-electron chi connectivity index (χ3n) is 7.14. The van der Waals surface area contributed by atoms with Crippen LogP contribution in [0.25, 0.3) is 0 Å². The summed E-state index contributed by atoms with van der Waals surface area (Å²) in [4.78, 5) is 12.1. The molecule has 0 radical (unpaired) electrons. The molecule has 5 atom stereocenters. The minimum atomic E-state index is -4.49. The van der Waals surface area contributed by atoms with Crippen LogP contribution in [-0.4, -0.2) is 46.1 Å². The second-order valence-corrected chi connectivity index (χ2v) is 10.2. The fraction of sp³-hybridized carbons (Fsp3) is 0.452. The molecule has 0 bridgehead atoms. The van der Waals surface area contributed by atoms with Crippen molar-refractivity contribution in [1.29, 1.82) is 0 Å². The molecule has 1 amide bonds. The summed E-state index contributed by atoms with van der Waals surface area (Å²) in [6, 6.07) is 12.3. The molecule has 0 saturated heterocycles. The average Bonchev–Trinajstić information content (AvgIpc) is 3.18. The Balaban J connectivity index is 1.40. The highest BCUT2D eigenvalue weighted by Crippen LogP contribution is 2.36. The summed E-state index contributed by atoms with van der Waals surface area (Å²) in [7, 11) is 0. The fourth-order valence-electron chi connectivity index (χ4n) is 4.80. The highest BCUT2D eigenvalue weighted by Gasteiger charge is 2.39. The van der Waals surface area contributed by atoms with Crippen molar-refractivity contribution >= 4 is 5.91 Å². The lowest BCUT2D eigenvalue weighted by Gasteiger charge is -2.19. The molecule has 2 aromatic rings. The number of benzene rings is 2. The lowest BCUT2D eigenvalue weighted by molar-refractivity contribution is -0.137. The summed E-state index contributed by atoms with van der Waals surface area (Å²) in [5.41, 5.74) is 1.39. The van der Waals surface area contributed by atoms with Gasteiger partial charge in [-0.2, -0.15) is 13.2 Å². The third-order valence-corrected chi connectivity index (χ3v) is 7.14. The number of aryl methyl sites for hydroxylation is 1. The van der Waals surface area contributed by atoms with Gasteiger partial charge in [0.15, 0.2) is 0 Å². The second kappa shape index (κ2) is 15.0. The van der Waals surface area contributed by atoms with E-state index in [9.17, 15) is 33.3 Å². The van der Waals surface area contributed by atoms with Crippen LogP contribution in [0.15, 0.2) is 72.8 Å². The Labute approximate surface area is 233 Å². The Bertz CT molecular complexity index is 1150. The predicted octanol–water partition coefficient (Wildman–Crippen LogP) is 5.10. The maximum atomic E-state index is 12.9. The van der Waals surface area contributed by atoms with Crippen molar-refractivity contribution in [2.24, 2.45) is 11.8 Å². The molecule has 218 valence electrons. The fourth-order valence-corrected chi connectivity index (χ4v) is 4.80. The molecule has 40 heavy (non-hydrogen) atoms. The van der Waals surface area contributed by atoms with Crippen molar-refractivity contribution in [3.8, 4) is 5.75 Å². The van der Waals surface area contributed by atoms with Gasteiger partial charge in [0.05, 0.1) is 17.8 Å². The molecular formula is C31H38F3NO5. The van der Waals surface area contributed by atoms with Gasteiger partial charge >= 0.3 is 6.18 Å². The van der Waals surface area contributed by atoms with Gasteiger partial charge < -0.3 is 25.4 Å². The normalized spacial score (nSPS) is 22.2. The molecule has 0 unspecified atom stereocenters. The number of alkyl halides is 3. The molecule has 4 N–H and O–H groups in total. The van der Waals surface area contributed by atoms with E-state index < -0.39 is 36.0 Å². The molecule has 0 aliphatic heterocycles. The van der Waals surface area contributed by atoms with Crippen LogP contribution in [0.4, 0.5) is 13.2 Å². The minimum absolute atomic E-state index is 0.00761. The first kappa shape index (κ1) is 31.4. The predicted molar refractivity (Wildman–Crippen MR) is 146 cm³/mol. The van der Waals surface area contributed by atoms with Gasteiger partial charge in [0, 0.05) is 25.3 Å². The Morgan fingerprint density at radius 2 is 1.90 bits per heavy atom. The van der Waals surface area contributed by atoms with Crippen LogP contribution in [0, 0.1) is 18.8 Å². The number of unbranched alkanes of at least 4 members (excludes halogenated alkanes) is 1. The number of allylic oxidation sites excluding steroid dienone is 2. The van der Waals surface area contributed by atoms with Crippen molar-refractivity contribution in [1.82, 2.24) is 5.32 Å². The van der Waals surface area contributed by atoms with Gasteiger partial charge in [0.1, 0.15) is 18.5 Å². The summed E-state index contributed by atoms with van der Waals surface area (Å²) >= 11 is 0. The maximum absolute atomic E-state index is 12.9. The van der Waals surface area contributed by atoms with E-state index in [-0.39, 0.29) is 30.6 Å². The Morgan fingerprint density at radius 3 is 2.65 bits per heavy atom. The van der Waals surface area contributed by atoms with E-state index in [0.717, 1.165) is 23.3 Å². The van der Waals surface area contributed by atoms with Crippen LogP contribution >= 0.6 is 0 Å². The third kappa shape index (κ3) is 9.80. The minimum Gasteiger partial charge on any atom is -0.491 e. The molecule has 6 nitrogen and oxygen atoms in total. The molecule has 2 aromatic carbocycles. The number of rotatable bonds is 13. The van der Waals surface area contributed by atoms with E-state index >= 15 is 0 Å². The molecule has 1 saturated carbocycles. The smallest absolute Gasteiger partial charge is 0.416 e. The molecule has 0 spiro atoms. The van der Waals surface area contributed by atoms with Gasteiger partial charge in [-0.25, -0.2) is 0 Å². The van der Waals surface area contributed by atoms with Gasteiger partial charge in [0.2, 0.25) is 5.91 Å². The van der Waals surface area contributed by atoms with Crippen LogP contribution in [-0.2, 0) is 17.5 Å². The summed E-state index contributed by atoms with van der Waals surface area (Å²) in [6.45, 7) is 2.25. The maximum Gasteiger partial charge on any atom is 0.416 e. The van der Waals surface area contributed by atoms with Gasteiger partial charge in [-0.15, -0.1) is 0 Å². The first-order valence-electron chi connectivity index (χ1n) is 13.5. The van der Waals surface area contributed by atoms with E-state index in [4.69, 9.17) is 4.74 Å². The van der Waals surface area contributed by atoms with E-state index in [1.807, 2.05) is 43.3 Å². The first-order chi connectivity index (χ1) is 19.0. The quantitative estimate of drug-likeness (QED) is 0.202. The Kier molecular flexibility index (Phi) is 11.8. The molecule has 0 aromatic heterocycles. The zero-order valence-corrected chi connectivity index (χ0v) is 22.6. The lowest BCUT2D eigenvalue weighted by atomic mass is 9.89. The van der Waals surface area contributed by atoms with Gasteiger partial charge in [-0.3, -0.25) is 4.79 Å². The topological polar surface area (TPSA) is 99.0 Å². The lowest BCUT2D eigenvalue weighted by Crippen LogP contribution is -2.22. The largest absolute Gasteiger partial charge is 0.491 e. The SMILES string of the molecule is Cc1ccccc1CNC(=O)CCC/C=C\C[C@@H]1[C@@H](/C=C/[C@@H](O)COc2cccc(C(F)(F)F)c2)[C@H](O)C[C@@H]1O. The zero-order chi connectivity index (χ0) is 29.1. The number of amides is 1. The van der Waals surface area contributed by atoms with E-state index in [2.05, 4.69) is 5.32 Å².